The molecule has 0 radical (unpaired) electrons. The molecule has 114 valence electrons. The second kappa shape index (κ2) is 5.46. The van der Waals surface area contributed by atoms with E-state index in [1.165, 1.54) is 6.07 Å². The van der Waals surface area contributed by atoms with Crippen molar-refractivity contribution in [3.05, 3.63) is 51.9 Å². The van der Waals surface area contributed by atoms with Crippen molar-refractivity contribution in [2.24, 2.45) is 0 Å². The normalized spacial score (nSPS) is 11.6. The predicted molar refractivity (Wildman–Crippen MR) is 86.5 cm³/mol. The molecular formula is C18H18O4. The minimum Gasteiger partial charge on any atom is -0.508 e. The van der Waals surface area contributed by atoms with Gasteiger partial charge in [-0.15, -0.1) is 0 Å². The first kappa shape index (κ1) is 14.6. The van der Waals surface area contributed by atoms with E-state index < -0.39 is 5.63 Å². The molecule has 3 rings (SSSR count). The molecule has 0 atom stereocenters. The highest BCUT2D eigenvalue weighted by Crippen LogP contribution is 2.34. The Morgan fingerprint density at radius 2 is 1.95 bits per heavy atom. The van der Waals surface area contributed by atoms with E-state index in [2.05, 4.69) is 0 Å². The molecule has 2 N–H and O–H groups in total. The van der Waals surface area contributed by atoms with Crippen LogP contribution in [0.4, 0.5) is 0 Å². The first-order valence-corrected chi connectivity index (χ1v) is 7.35. The first-order chi connectivity index (χ1) is 10.5. The van der Waals surface area contributed by atoms with Gasteiger partial charge in [-0.2, -0.15) is 0 Å². The molecule has 0 aliphatic carbocycles. The van der Waals surface area contributed by atoms with Crippen LogP contribution in [0, 0.1) is 0 Å². The second-order valence-corrected chi connectivity index (χ2v) is 5.77. The summed E-state index contributed by atoms with van der Waals surface area (Å²) in [5, 5.41) is 21.2. The lowest BCUT2D eigenvalue weighted by Gasteiger charge is -2.13. The van der Waals surface area contributed by atoms with Gasteiger partial charge in [0.05, 0.1) is 5.39 Å². The number of aliphatic hydroxyl groups excluding tert-OH is 1. The molecular weight excluding hydrogens is 280 g/mol. The zero-order chi connectivity index (χ0) is 15.9. The Kier molecular flexibility index (Phi) is 3.62. The summed E-state index contributed by atoms with van der Waals surface area (Å²) in [7, 11) is 0. The van der Waals surface area contributed by atoms with Crippen LogP contribution in [0.15, 0.2) is 39.5 Å². The number of benzene rings is 2. The molecule has 0 spiro atoms. The molecule has 0 bridgehead atoms. The van der Waals surface area contributed by atoms with Gasteiger partial charge in [-0.1, -0.05) is 32.0 Å². The van der Waals surface area contributed by atoms with Crippen molar-refractivity contribution < 1.29 is 14.6 Å². The molecule has 22 heavy (non-hydrogen) atoms. The Hall–Kier alpha value is -2.33. The number of aliphatic hydroxyl groups is 1. The monoisotopic (exact) mass is 298 g/mol. The molecule has 2 aromatic carbocycles. The van der Waals surface area contributed by atoms with Crippen molar-refractivity contribution in [3.63, 3.8) is 0 Å². The van der Waals surface area contributed by atoms with E-state index in [4.69, 9.17) is 4.42 Å². The lowest BCUT2D eigenvalue weighted by Crippen LogP contribution is -2.06. The number of aromatic hydroxyl groups is 1. The van der Waals surface area contributed by atoms with Crippen molar-refractivity contribution in [1.82, 2.24) is 0 Å². The van der Waals surface area contributed by atoms with Gasteiger partial charge >= 0.3 is 5.63 Å². The van der Waals surface area contributed by atoms with Gasteiger partial charge in [-0.25, -0.2) is 4.79 Å². The Bertz CT molecular complexity index is 906. The van der Waals surface area contributed by atoms with Crippen LogP contribution in [0.3, 0.4) is 0 Å². The van der Waals surface area contributed by atoms with E-state index in [-0.39, 0.29) is 18.3 Å². The zero-order valence-corrected chi connectivity index (χ0v) is 12.6. The SMILES string of the molecule is CC(C)c1cc(O)cc2oc(=O)c3c(CCO)cccc3c12. The van der Waals surface area contributed by atoms with Gasteiger partial charge in [0, 0.05) is 23.4 Å². The summed E-state index contributed by atoms with van der Waals surface area (Å²) >= 11 is 0. The van der Waals surface area contributed by atoms with Crippen LogP contribution in [0.1, 0.15) is 30.9 Å². The highest BCUT2D eigenvalue weighted by molar-refractivity contribution is 6.07. The summed E-state index contributed by atoms with van der Waals surface area (Å²) in [6, 6.07) is 8.78. The Morgan fingerprint density at radius 1 is 1.18 bits per heavy atom. The van der Waals surface area contributed by atoms with Crippen LogP contribution >= 0.6 is 0 Å². The number of hydrogen-bond acceptors (Lipinski definition) is 4. The molecule has 0 saturated heterocycles. The van der Waals surface area contributed by atoms with Crippen molar-refractivity contribution in [2.75, 3.05) is 6.61 Å². The third kappa shape index (κ3) is 2.25. The minimum absolute atomic E-state index is 0.0246. The summed E-state index contributed by atoms with van der Waals surface area (Å²) in [4.78, 5) is 12.4. The van der Waals surface area contributed by atoms with Crippen LogP contribution in [0.25, 0.3) is 21.7 Å². The third-order valence-corrected chi connectivity index (χ3v) is 3.95. The summed E-state index contributed by atoms with van der Waals surface area (Å²) in [6.07, 6.45) is 0.405. The number of rotatable bonds is 3. The summed E-state index contributed by atoms with van der Waals surface area (Å²) in [6.45, 7) is 4.04. The molecule has 4 heteroatoms. The van der Waals surface area contributed by atoms with E-state index in [0.29, 0.717) is 17.4 Å². The van der Waals surface area contributed by atoms with Crippen molar-refractivity contribution >= 4 is 21.7 Å². The smallest absolute Gasteiger partial charge is 0.344 e. The van der Waals surface area contributed by atoms with Crippen molar-refractivity contribution in [3.8, 4) is 5.75 Å². The van der Waals surface area contributed by atoms with Crippen LogP contribution in [0.2, 0.25) is 0 Å². The molecule has 4 nitrogen and oxygen atoms in total. The molecule has 0 fully saturated rings. The average Bonchev–Trinajstić information content (AvgIpc) is 2.46. The fourth-order valence-corrected chi connectivity index (χ4v) is 2.98. The van der Waals surface area contributed by atoms with Crippen LogP contribution in [-0.2, 0) is 6.42 Å². The average molecular weight is 298 g/mol. The molecule has 0 aliphatic rings. The molecule has 0 aliphatic heterocycles. The minimum atomic E-state index is -0.438. The zero-order valence-electron chi connectivity index (χ0n) is 12.6. The number of hydrogen-bond donors (Lipinski definition) is 2. The topological polar surface area (TPSA) is 70.7 Å². The number of phenols is 1. The first-order valence-electron chi connectivity index (χ1n) is 7.35. The van der Waals surface area contributed by atoms with Crippen molar-refractivity contribution in [2.45, 2.75) is 26.2 Å². The lowest BCUT2D eigenvalue weighted by molar-refractivity contribution is 0.300. The van der Waals surface area contributed by atoms with Gasteiger partial charge in [-0.05, 0) is 29.5 Å². The van der Waals surface area contributed by atoms with Crippen molar-refractivity contribution in [1.29, 1.82) is 0 Å². The molecule has 1 aromatic heterocycles. The fraction of sp³-hybridized carbons (Fsp3) is 0.278. The summed E-state index contributed by atoms with van der Waals surface area (Å²) in [5.74, 6) is 0.261. The maximum absolute atomic E-state index is 12.4. The summed E-state index contributed by atoms with van der Waals surface area (Å²) in [5.41, 5.74) is 1.66. The highest BCUT2D eigenvalue weighted by atomic mass is 16.4. The van der Waals surface area contributed by atoms with E-state index in [1.54, 1.807) is 6.07 Å². The third-order valence-electron chi connectivity index (χ3n) is 3.95. The van der Waals surface area contributed by atoms with Crippen LogP contribution in [-0.4, -0.2) is 16.8 Å². The van der Waals surface area contributed by atoms with Gasteiger partial charge < -0.3 is 14.6 Å². The molecule has 1 heterocycles. The van der Waals surface area contributed by atoms with Gasteiger partial charge in [0.25, 0.3) is 0 Å². The van der Waals surface area contributed by atoms with Crippen LogP contribution < -0.4 is 5.63 Å². The standard InChI is InChI=1S/C18H18O4/c1-10(2)14-8-12(20)9-15-17(14)13-5-3-4-11(6-7-19)16(13)18(21)22-15/h3-5,8-10,19-20H,6-7H2,1-2H3. The molecule has 0 amide bonds. The van der Waals surface area contributed by atoms with Gasteiger partial charge in [0.1, 0.15) is 11.3 Å². The molecule has 3 aromatic rings. The number of fused-ring (bicyclic) bond motifs is 3. The quantitative estimate of drug-likeness (QED) is 0.575. The maximum Gasteiger partial charge on any atom is 0.344 e. The lowest BCUT2D eigenvalue weighted by atomic mass is 9.93. The van der Waals surface area contributed by atoms with E-state index in [1.807, 2.05) is 32.0 Å². The largest absolute Gasteiger partial charge is 0.508 e. The fourth-order valence-electron chi connectivity index (χ4n) is 2.98. The Balaban J connectivity index is 2.54. The van der Waals surface area contributed by atoms with Crippen LogP contribution in [0.5, 0.6) is 5.75 Å². The summed E-state index contributed by atoms with van der Waals surface area (Å²) < 4.78 is 5.44. The Labute approximate surface area is 127 Å². The number of phenolic OH excluding ortho intramolecular Hbond substituents is 1. The highest BCUT2D eigenvalue weighted by Gasteiger charge is 2.16. The van der Waals surface area contributed by atoms with Gasteiger partial charge in [-0.3, -0.25) is 0 Å². The van der Waals surface area contributed by atoms with Gasteiger partial charge in [0.2, 0.25) is 0 Å². The van der Waals surface area contributed by atoms with E-state index in [0.717, 1.165) is 21.9 Å². The maximum atomic E-state index is 12.4. The van der Waals surface area contributed by atoms with E-state index in [9.17, 15) is 15.0 Å². The molecule has 0 saturated carbocycles. The van der Waals surface area contributed by atoms with E-state index >= 15 is 0 Å². The van der Waals surface area contributed by atoms with Gasteiger partial charge in [0.15, 0.2) is 0 Å². The Morgan fingerprint density at radius 3 is 2.64 bits per heavy atom. The molecule has 0 unspecified atom stereocenters. The second-order valence-electron chi connectivity index (χ2n) is 5.77. The predicted octanol–water partition coefficient (Wildman–Crippen LogP) is 3.31.